The van der Waals surface area contributed by atoms with E-state index in [-0.39, 0.29) is 4.99 Å². The molecule has 5 heteroatoms. The molecule has 2 rings (SSSR count). The third-order valence-electron chi connectivity index (χ3n) is 3.08. The Balaban J connectivity index is 2.51. The van der Waals surface area contributed by atoms with E-state index >= 15 is 0 Å². The summed E-state index contributed by atoms with van der Waals surface area (Å²) in [5.74, 6) is 1.87. The Hall–Kier alpha value is -2.14. The molecule has 110 valence electrons. The Morgan fingerprint density at radius 1 is 1.10 bits per heavy atom. The molecule has 0 atom stereocenters. The second-order valence-electron chi connectivity index (χ2n) is 4.84. The first-order valence-corrected chi connectivity index (χ1v) is 6.93. The van der Waals surface area contributed by atoms with Crippen molar-refractivity contribution in [3.8, 4) is 17.2 Å². The maximum Gasteiger partial charge on any atom is 0.169 e. The van der Waals surface area contributed by atoms with Gasteiger partial charge in [0.25, 0.3) is 0 Å². The second-order valence-corrected chi connectivity index (χ2v) is 5.28. The van der Waals surface area contributed by atoms with Crippen LogP contribution in [0.1, 0.15) is 22.5 Å². The first-order chi connectivity index (χ1) is 9.92. The number of rotatable bonds is 4. The van der Waals surface area contributed by atoms with E-state index in [1.807, 2.05) is 45.0 Å². The van der Waals surface area contributed by atoms with Crippen LogP contribution in [0.15, 0.2) is 24.3 Å². The number of nitrogens with zero attached hydrogens (tertiary/aromatic N) is 1. The number of benzene rings is 1. The van der Waals surface area contributed by atoms with Gasteiger partial charge in [-0.2, -0.15) is 0 Å². The van der Waals surface area contributed by atoms with E-state index in [4.69, 9.17) is 27.4 Å². The van der Waals surface area contributed by atoms with E-state index in [0.29, 0.717) is 22.8 Å². The van der Waals surface area contributed by atoms with Crippen LogP contribution in [0.2, 0.25) is 0 Å². The lowest BCUT2D eigenvalue weighted by atomic mass is 10.1. The van der Waals surface area contributed by atoms with E-state index < -0.39 is 0 Å². The lowest BCUT2D eigenvalue weighted by molar-refractivity contribution is 0.378. The molecule has 1 aromatic carbocycles. The largest absolute Gasteiger partial charge is 0.493 e. The van der Waals surface area contributed by atoms with Gasteiger partial charge in [-0.3, -0.25) is 4.98 Å². The summed E-state index contributed by atoms with van der Waals surface area (Å²) in [4.78, 5) is 4.64. The Morgan fingerprint density at radius 2 is 1.81 bits per heavy atom. The summed E-state index contributed by atoms with van der Waals surface area (Å²) in [6.07, 6.45) is 0. The molecule has 0 saturated carbocycles. The Labute approximate surface area is 129 Å². The molecule has 0 unspecified atom stereocenters. The molecule has 0 saturated heterocycles. The molecular weight excluding hydrogens is 284 g/mol. The monoisotopic (exact) mass is 302 g/mol. The summed E-state index contributed by atoms with van der Waals surface area (Å²) in [5.41, 5.74) is 9.13. The molecular formula is C16H18N2O2S. The van der Waals surface area contributed by atoms with Crippen LogP contribution in [0.3, 0.4) is 0 Å². The van der Waals surface area contributed by atoms with Gasteiger partial charge in [0.2, 0.25) is 0 Å². The number of aromatic nitrogens is 1. The van der Waals surface area contributed by atoms with Crippen LogP contribution in [0.25, 0.3) is 0 Å². The molecule has 0 radical (unpaired) electrons. The fourth-order valence-electron chi connectivity index (χ4n) is 2.15. The summed E-state index contributed by atoms with van der Waals surface area (Å²) < 4.78 is 11.3. The van der Waals surface area contributed by atoms with Gasteiger partial charge in [0.05, 0.1) is 18.4 Å². The minimum Gasteiger partial charge on any atom is -0.493 e. The van der Waals surface area contributed by atoms with Crippen molar-refractivity contribution in [1.29, 1.82) is 0 Å². The number of ether oxygens (including phenoxy) is 2. The lowest BCUT2D eigenvalue weighted by Crippen LogP contribution is -2.14. The topological polar surface area (TPSA) is 57.4 Å². The summed E-state index contributed by atoms with van der Waals surface area (Å²) in [7, 11) is 1.61. The zero-order chi connectivity index (χ0) is 15.6. The highest BCUT2D eigenvalue weighted by Crippen LogP contribution is 2.34. The number of thiocarbonyl (C=S) groups is 1. The molecule has 0 bridgehead atoms. The Morgan fingerprint density at radius 3 is 2.43 bits per heavy atom. The van der Waals surface area contributed by atoms with Crippen molar-refractivity contribution in [2.45, 2.75) is 20.8 Å². The van der Waals surface area contributed by atoms with Crippen molar-refractivity contribution in [1.82, 2.24) is 4.98 Å². The van der Waals surface area contributed by atoms with Crippen LogP contribution in [-0.4, -0.2) is 17.1 Å². The molecule has 2 aromatic rings. The average molecular weight is 302 g/mol. The predicted octanol–water partition coefficient (Wildman–Crippen LogP) is 3.44. The fraction of sp³-hybridized carbons (Fsp3) is 0.250. The van der Waals surface area contributed by atoms with Crippen LogP contribution in [0.4, 0.5) is 0 Å². The van der Waals surface area contributed by atoms with Crippen LogP contribution < -0.4 is 15.2 Å². The standard InChI is InChI=1S/C16H18N2O2S/c1-9-5-6-12(13(7-9)19-4)20-14-8-10(2)18-11(3)15(14)16(17)21/h5-8H,1-4H3,(H2,17,21). The number of pyridine rings is 1. The van der Waals surface area contributed by atoms with E-state index in [2.05, 4.69) is 4.98 Å². The van der Waals surface area contributed by atoms with E-state index in [1.165, 1.54) is 0 Å². The number of hydrogen-bond acceptors (Lipinski definition) is 4. The second kappa shape index (κ2) is 6.10. The Bertz CT molecular complexity index is 699. The van der Waals surface area contributed by atoms with Crippen molar-refractivity contribution in [2.24, 2.45) is 5.73 Å². The Kier molecular flexibility index (Phi) is 4.43. The van der Waals surface area contributed by atoms with Gasteiger partial charge in [-0.25, -0.2) is 0 Å². The summed E-state index contributed by atoms with van der Waals surface area (Å²) >= 11 is 5.11. The molecule has 4 nitrogen and oxygen atoms in total. The zero-order valence-corrected chi connectivity index (χ0v) is 13.4. The van der Waals surface area contributed by atoms with Crippen molar-refractivity contribution >= 4 is 17.2 Å². The highest BCUT2D eigenvalue weighted by Gasteiger charge is 2.15. The number of methoxy groups -OCH3 is 1. The molecule has 0 fully saturated rings. The first kappa shape index (κ1) is 15.3. The molecule has 0 aliphatic rings. The summed E-state index contributed by atoms with van der Waals surface area (Å²) in [6.45, 7) is 5.75. The predicted molar refractivity (Wildman–Crippen MR) is 87.4 cm³/mol. The smallest absolute Gasteiger partial charge is 0.169 e. The van der Waals surface area contributed by atoms with Gasteiger partial charge in [0, 0.05) is 11.8 Å². The molecule has 1 heterocycles. The van der Waals surface area contributed by atoms with Crippen molar-refractivity contribution in [2.75, 3.05) is 7.11 Å². The van der Waals surface area contributed by atoms with Crippen LogP contribution in [0.5, 0.6) is 17.2 Å². The van der Waals surface area contributed by atoms with Gasteiger partial charge < -0.3 is 15.2 Å². The van der Waals surface area contributed by atoms with Crippen molar-refractivity contribution < 1.29 is 9.47 Å². The number of nitrogens with two attached hydrogens (primary N) is 1. The van der Waals surface area contributed by atoms with E-state index in [9.17, 15) is 0 Å². The summed E-state index contributed by atoms with van der Waals surface area (Å²) in [6, 6.07) is 7.55. The van der Waals surface area contributed by atoms with Gasteiger partial charge in [-0.15, -0.1) is 0 Å². The molecule has 2 N–H and O–H groups in total. The summed E-state index contributed by atoms with van der Waals surface area (Å²) in [5, 5.41) is 0. The van der Waals surface area contributed by atoms with Gasteiger partial charge in [-0.05, 0) is 38.5 Å². The lowest BCUT2D eigenvalue weighted by Gasteiger charge is -2.15. The maximum absolute atomic E-state index is 5.98. The van der Waals surface area contributed by atoms with E-state index in [0.717, 1.165) is 17.0 Å². The fourth-order valence-corrected chi connectivity index (χ4v) is 2.40. The molecule has 0 aliphatic carbocycles. The van der Waals surface area contributed by atoms with Gasteiger partial charge in [0.15, 0.2) is 11.5 Å². The molecule has 0 amide bonds. The minimum atomic E-state index is 0.265. The normalized spacial score (nSPS) is 10.3. The average Bonchev–Trinajstić information content (AvgIpc) is 2.39. The van der Waals surface area contributed by atoms with Gasteiger partial charge in [-0.1, -0.05) is 18.3 Å². The quantitative estimate of drug-likeness (QED) is 0.877. The molecule has 1 aromatic heterocycles. The third kappa shape index (κ3) is 3.31. The highest BCUT2D eigenvalue weighted by molar-refractivity contribution is 7.80. The SMILES string of the molecule is COc1cc(C)ccc1Oc1cc(C)nc(C)c1C(N)=S. The van der Waals surface area contributed by atoms with Crippen molar-refractivity contribution in [3.63, 3.8) is 0 Å². The van der Waals surface area contributed by atoms with Gasteiger partial charge in [0.1, 0.15) is 10.7 Å². The molecule has 0 aliphatic heterocycles. The van der Waals surface area contributed by atoms with E-state index in [1.54, 1.807) is 7.11 Å². The third-order valence-corrected chi connectivity index (χ3v) is 3.28. The maximum atomic E-state index is 5.98. The van der Waals surface area contributed by atoms with Crippen LogP contribution in [0, 0.1) is 20.8 Å². The number of hydrogen-bond donors (Lipinski definition) is 1. The minimum absolute atomic E-state index is 0.265. The first-order valence-electron chi connectivity index (χ1n) is 6.53. The van der Waals surface area contributed by atoms with Crippen molar-refractivity contribution in [3.05, 3.63) is 46.8 Å². The molecule has 0 spiro atoms. The van der Waals surface area contributed by atoms with Crippen LogP contribution >= 0.6 is 12.2 Å². The molecule has 21 heavy (non-hydrogen) atoms. The highest BCUT2D eigenvalue weighted by atomic mass is 32.1. The van der Waals surface area contributed by atoms with Gasteiger partial charge >= 0.3 is 0 Å². The van der Waals surface area contributed by atoms with Crippen LogP contribution in [-0.2, 0) is 0 Å². The zero-order valence-electron chi connectivity index (χ0n) is 12.6. The number of aryl methyl sites for hydroxylation is 3.